The lowest BCUT2D eigenvalue weighted by atomic mass is 9.83. The number of rotatable bonds is 2. The Morgan fingerprint density at radius 2 is 2.00 bits per heavy atom. The highest BCUT2D eigenvalue weighted by Crippen LogP contribution is 2.41. The van der Waals surface area contributed by atoms with E-state index in [0.717, 1.165) is 6.42 Å². The second-order valence-electron chi connectivity index (χ2n) is 5.28. The van der Waals surface area contributed by atoms with Crippen LogP contribution in [0.3, 0.4) is 0 Å². The van der Waals surface area contributed by atoms with E-state index in [1.807, 2.05) is 18.2 Å². The van der Waals surface area contributed by atoms with Gasteiger partial charge in [-0.2, -0.15) is 0 Å². The molecule has 1 aromatic rings. The van der Waals surface area contributed by atoms with Crippen LogP contribution in [-0.2, 0) is 16.0 Å². The molecule has 17 heavy (non-hydrogen) atoms. The zero-order valence-corrected chi connectivity index (χ0v) is 9.97. The molecule has 1 saturated carbocycles. The Morgan fingerprint density at radius 1 is 1.18 bits per heavy atom. The Morgan fingerprint density at radius 3 is 2.82 bits per heavy atom. The van der Waals surface area contributed by atoms with Gasteiger partial charge < -0.3 is 4.74 Å². The maximum Gasteiger partial charge on any atom is 0.306 e. The van der Waals surface area contributed by atoms with Gasteiger partial charge in [0.15, 0.2) is 0 Å². The normalized spacial score (nSPS) is 32.0. The first kappa shape index (κ1) is 10.8. The quantitative estimate of drug-likeness (QED) is 0.730. The van der Waals surface area contributed by atoms with Crippen molar-refractivity contribution in [3.05, 3.63) is 35.9 Å². The van der Waals surface area contributed by atoms with Gasteiger partial charge >= 0.3 is 5.97 Å². The van der Waals surface area contributed by atoms with Crippen molar-refractivity contribution in [2.24, 2.45) is 11.8 Å². The second-order valence-corrected chi connectivity index (χ2v) is 5.28. The minimum absolute atomic E-state index is 0.00841. The fourth-order valence-electron chi connectivity index (χ4n) is 3.37. The molecule has 1 heterocycles. The van der Waals surface area contributed by atoms with Gasteiger partial charge in [-0.1, -0.05) is 36.8 Å². The van der Waals surface area contributed by atoms with E-state index in [2.05, 4.69) is 12.1 Å². The summed E-state index contributed by atoms with van der Waals surface area (Å²) in [5, 5.41) is 0. The first-order chi connectivity index (χ1) is 8.33. The van der Waals surface area contributed by atoms with Crippen molar-refractivity contribution in [1.29, 1.82) is 0 Å². The monoisotopic (exact) mass is 230 g/mol. The molecule has 2 nitrogen and oxygen atoms in total. The predicted molar refractivity (Wildman–Crippen MR) is 65.5 cm³/mol. The van der Waals surface area contributed by atoms with Crippen molar-refractivity contribution in [3.8, 4) is 0 Å². The maximum atomic E-state index is 11.6. The third-order valence-corrected chi connectivity index (χ3v) is 4.19. The van der Waals surface area contributed by atoms with E-state index in [-0.39, 0.29) is 12.1 Å². The van der Waals surface area contributed by atoms with Crippen LogP contribution in [-0.4, -0.2) is 12.1 Å². The molecule has 2 fully saturated rings. The second kappa shape index (κ2) is 4.52. The van der Waals surface area contributed by atoms with Crippen LogP contribution in [0, 0.1) is 11.8 Å². The average Bonchev–Trinajstić information content (AvgIpc) is 2.78. The molecular weight excluding hydrogens is 212 g/mol. The third-order valence-electron chi connectivity index (χ3n) is 4.19. The van der Waals surface area contributed by atoms with Crippen LogP contribution < -0.4 is 0 Å². The Hall–Kier alpha value is -1.31. The fourth-order valence-corrected chi connectivity index (χ4v) is 3.37. The number of cyclic esters (lactones) is 1. The number of esters is 1. The summed E-state index contributed by atoms with van der Waals surface area (Å²) >= 11 is 0. The molecule has 0 bridgehead atoms. The fraction of sp³-hybridized carbons (Fsp3) is 0.533. The molecule has 0 radical (unpaired) electrons. The number of carbonyl (C=O) groups excluding carboxylic acids is 1. The van der Waals surface area contributed by atoms with Crippen LogP contribution in [0.4, 0.5) is 0 Å². The molecule has 1 aliphatic carbocycles. The van der Waals surface area contributed by atoms with Gasteiger partial charge in [0.05, 0.1) is 0 Å². The molecule has 0 amide bonds. The maximum absolute atomic E-state index is 11.6. The van der Waals surface area contributed by atoms with Gasteiger partial charge in [-0.25, -0.2) is 0 Å². The minimum Gasteiger partial charge on any atom is -0.462 e. The zero-order valence-electron chi connectivity index (χ0n) is 9.97. The molecule has 2 aliphatic rings. The molecule has 3 atom stereocenters. The number of fused-ring (bicyclic) bond motifs is 1. The van der Waals surface area contributed by atoms with E-state index in [0.29, 0.717) is 18.3 Å². The Bertz CT molecular complexity index is 399. The largest absolute Gasteiger partial charge is 0.462 e. The van der Waals surface area contributed by atoms with Crippen LogP contribution in [0.1, 0.15) is 31.2 Å². The summed E-state index contributed by atoms with van der Waals surface area (Å²) < 4.78 is 5.57. The van der Waals surface area contributed by atoms with Crippen LogP contribution >= 0.6 is 0 Å². The summed E-state index contributed by atoms with van der Waals surface area (Å²) in [5.74, 6) is 1.20. The smallest absolute Gasteiger partial charge is 0.306 e. The molecule has 1 aliphatic heterocycles. The molecule has 1 aromatic carbocycles. The van der Waals surface area contributed by atoms with Gasteiger partial charge in [0.25, 0.3) is 0 Å². The van der Waals surface area contributed by atoms with Crippen LogP contribution in [0.25, 0.3) is 0 Å². The molecule has 0 aromatic heterocycles. The number of hydrogen-bond acceptors (Lipinski definition) is 2. The molecular formula is C15H18O2. The van der Waals surface area contributed by atoms with Gasteiger partial charge in [-0.05, 0) is 30.2 Å². The van der Waals surface area contributed by atoms with E-state index in [1.54, 1.807) is 0 Å². The lowest BCUT2D eigenvalue weighted by Gasteiger charge is -2.33. The summed E-state index contributed by atoms with van der Waals surface area (Å²) in [7, 11) is 0. The standard InChI is InChI=1S/C15H18O2/c16-15-10-12-7-4-8-13(12)14(17-15)9-11-5-2-1-3-6-11/h1-3,5-6,12-14H,4,7-10H2/t12-,13+,14+/m1/s1. The van der Waals surface area contributed by atoms with Crippen LogP contribution in [0.5, 0.6) is 0 Å². The number of hydrogen-bond donors (Lipinski definition) is 0. The zero-order chi connectivity index (χ0) is 11.7. The molecule has 0 unspecified atom stereocenters. The number of ether oxygens (including phenoxy) is 1. The highest BCUT2D eigenvalue weighted by atomic mass is 16.5. The average molecular weight is 230 g/mol. The van der Waals surface area contributed by atoms with E-state index < -0.39 is 0 Å². The summed E-state index contributed by atoms with van der Waals surface area (Å²) in [6.07, 6.45) is 5.35. The van der Waals surface area contributed by atoms with Crippen molar-refractivity contribution in [1.82, 2.24) is 0 Å². The summed E-state index contributed by atoms with van der Waals surface area (Å²) in [5.41, 5.74) is 1.28. The summed E-state index contributed by atoms with van der Waals surface area (Å²) in [4.78, 5) is 11.6. The SMILES string of the molecule is O=C1C[C@H]2CCC[C@@H]2[C@H](Cc2ccccc2)O1. The highest BCUT2D eigenvalue weighted by molar-refractivity contribution is 5.71. The van der Waals surface area contributed by atoms with Crippen LogP contribution in [0.2, 0.25) is 0 Å². The Labute approximate surface area is 102 Å². The van der Waals surface area contributed by atoms with Crippen molar-refractivity contribution >= 4 is 5.97 Å². The lowest BCUT2D eigenvalue weighted by molar-refractivity contribution is -0.161. The van der Waals surface area contributed by atoms with Gasteiger partial charge in [-0.3, -0.25) is 4.79 Å². The number of benzene rings is 1. The van der Waals surface area contributed by atoms with Gasteiger partial charge in [-0.15, -0.1) is 0 Å². The summed E-state index contributed by atoms with van der Waals surface area (Å²) in [6, 6.07) is 10.4. The minimum atomic E-state index is 0.00841. The third kappa shape index (κ3) is 2.21. The summed E-state index contributed by atoms with van der Waals surface area (Å²) in [6.45, 7) is 0. The van der Waals surface area contributed by atoms with Crippen LogP contribution in [0.15, 0.2) is 30.3 Å². The van der Waals surface area contributed by atoms with E-state index in [1.165, 1.54) is 24.8 Å². The van der Waals surface area contributed by atoms with Crippen molar-refractivity contribution < 1.29 is 9.53 Å². The first-order valence-electron chi connectivity index (χ1n) is 6.56. The van der Waals surface area contributed by atoms with Crippen molar-refractivity contribution in [2.75, 3.05) is 0 Å². The molecule has 3 rings (SSSR count). The Kier molecular flexibility index (Phi) is 2.87. The van der Waals surface area contributed by atoms with Crippen molar-refractivity contribution in [3.63, 3.8) is 0 Å². The number of carbonyl (C=O) groups is 1. The predicted octanol–water partition coefficient (Wildman–Crippen LogP) is 2.96. The van der Waals surface area contributed by atoms with Gasteiger partial charge in [0.2, 0.25) is 0 Å². The van der Waals surface area contributed by atoms with E-state index in [9.17, 15) is 4.79 Å². The Balaban J connectivity index is 1.75. The molecule has 0 spiro atoms. The van der Waals surface area contributed by atoms with Crippen molar-refractivity contribution in [2.45, 2.75) is 38.2 Å². The lowest BCUT2D eigenvalue weighted by Crippen LogP contribution is -2.37. The van der Waals surface area contributed by atoms with Gasteiger partial charge in [0.1, 0.15) is 6.10 Å². The molecule has 0 N–H and O–H groups in total. The molecule has 90 valence electrons. The van der Waals surface area contributed by atoms with E-state index in [4.69, 9.17) is 4.74 Å². The topological polar surface area (TPSA) is 26.3 Å². The molecule has 2 heteroatoms. The molecule has 1 saturated heterocycles. The highest BCUT2D eigenvalue weighted by Gasteiger charge is 2.41. The first-order valence-corrected chi connectivity index (χ1v) is 6.56. The van der Waals surface area contributed by atoms with Gasteiger partial charge in [0, 0.05) is 12.8 Å². The van der Waals surface area contributed by atoms with E-state index >= 15 is 0 Å².